The molecule has 1 aromatic carbocycles. The van der Waals surface area contributed by atoms with Gasteiger partial charge in [-0.25, -0.2) is 4.79 Å². The van der Waals surface area contributed by atoms with Crippen LogP contribution in [0.25, 0.3) is 0 Å². The normalized spacial score (nSPS) is 14.0. The molecule has 0 aliphatic carbocycles. The van der Waals surface area contributed by atoms with Crippen LogP contribution in [-0.4, -0.2) is 42.3 Å². The minimum atomic E-state index is -4.40. The molecule has 10 heteroatoms. The second kappa shape index (κ2) is 6.52. The lowest BCUT2D eigenvalue weighted by Gasteiger charge is -2.17. The monoisotopic (exact) mass is 318 g/mol. The number of nitrogens with two attached hydrogens (primary N) is 1. The summed E-state index contributed by atoms with van der Waals surface area (Å²) in [7, 11) is -4.40. The van der Waals surface area contributed by atoms with Crippen molar-refractivity contribution in [3.05, 3.63) is 24.3 Å². The molecule has 116 valence electrons. The molecule has 9 nitrogen and oxygen atoms in total. The molecule has 0 saturated heterocycles. The number of anilines is 1. The van der Waals surface area contributed by atoms with Gasteiger partial charge in [-0.2, -0.15) is 8.42 Å². The molecular formula is C11H14N2O7S. The second-order valence-electron chi connectivity index (χ2n) is 4.10. The van der Waals surface area contributed by atoms with Crippen molar-refractivity contribution in [3.8, 4) is 0 Å². The van der Waals surface area contributed by atoms with E-state index in [-0.39, 0.29) is 5.69 Å². The van der Waals surface area contributed by atoms with Gasteiger partial charge in [0.05, 0.1) is 4.90 Å². The third-order valence-electron chi connectivity index (χ3n) is 2.46. The fraction of sp³-hybridized carbons (Fsp3) is 0.273. The van der Waals surface area contributed by atoms with Gasteiger partial charge in [-0.05, 0) is 25.1 Å². The summed E-state index contributed by atoms with van der Waals surface area (Å²) in [5, 5.41) is 10.8. The van der Waals surface area contributed by atoms with Crippen LogP contribution in [0.1, 0.15) is 6.92 Å². The van der Waals surface area contributed by atoms with Crippen molar-refractivity contribution < 1.29 is 32.4 Å². The Balaban J connectivity index is 2.74. The molecule has 1 rings (SSSR count). The largest absolute Gasteiger partial charge is 0.480 e. The van der Waals surface area contributed by atoms with Crippen molar-refractivity contribution in [1.82, 2.24) is 0 Å². The minimum absolute atomic E-state index is 0.0474. The fourth-order valence-electron chi connectivity index (χ4n) is 1.32. The van der Waals surface area contributed by atoms with Crippen molar-refractivity contribution in [3.63, 3.8) is 0 Å². The highest BCUT2D eigenvalue weighted by molar-refractivity contribution is 7.85. The van der Waals surface area contributed by atoms with Crippen LogP contribution < -0.4 is 11.1 Å². The van der Waals surface area contributed by atoms with E-state index in [2.05, 4.69) is 5.32 Å². The number of benzene rings is 1. The van der Waals surface area contributed by atoms with Crippen LogP contribution in [0, 0.1) is 0 Å². The van der Waals surface area contributed by atoms with Gasteiger partial charge in [0.2, 0.25) is 0 Å². The van der Waals surface area contributed by atoms with Crippen LogP contribution in [0.2, 0.25) is 0 Å². The summed E-state index contributed by atoms with van der Waals surface area (Å²) in [5.74, 6) is -1.33. The molecule has 5 N–H and O–H groups in total. The Hall–Kier alpha value is -2.17. The van der Waals surface area contributed by atoms with E-state index in [4.69, 9.17) is 20.1 Å². The van der Waals surface area contributed by atoms with Crippen molar-refractivity contribution in [2.45, 2.75) is 24.0 Å². The Bertz CT molecular complexity index is 644. The third kappa shape index (κ3) is 5.02. The SMILES string of the molecule is C[C@H](OC(=O)Nc1cccc(S(=O)(=O)O)c1)[C@@H](N)C(=O)O. The highest BCUT2D eigenvalue weighted by atomic mass is 32.2. The molecule has 0 aliphatic rings. The first-order valence-electron chi connectivity index (χ1n) is 5.65. The predicted molar refractivity (Wildman–Crippen MR) is 71.4 cm³/mol. The van der Waals surface area contributed by atoms with Gasteiger partial charge >= 0.3 is 12.1 Å². The molecule has 0 fully saturated rings. The predicted octanol–water partition coefficient (Wildman–Crippen LogP) is 0.282. The van der Waals surface area contributed by atoms with Gasteiger partial charge < -0.3 is 15.6 Å². The molecule has 0 saturated carbocycles. The molecule has 0 unspecified atom stereocenters. The van der Waals surface area contributed by atoms with E-state index in [0.717, 1.165) is 12.1 Å². The summed E-state index contributed by atoms with van der Waals surface area (Å²) in [5.41, 5.74) is 5.31. The molecule has 0 aromatic heterocycles. The van der Waals surface area contributed by atoms with E-state index >= 15 is 0 Å². The van der Waals surface area contributed by atoms with Crippen molar-refractivity contribution in [1.29, 1.82) is 0 Å². The van der Waals surface area contributed by atoms with Crippen LogP contribution in [0.15, 0.2) is 29.2 Å². The smallest absolute Gasteiger partial charge is 0.411 e. The number of aliphatic carboxylic acids is 1. The third-order valence-corrected chi connectivity index (χ3v) is 3.31. The van der Waals surface area contributed by atoms with E-state index in [1.807, 2.05) is 0 Å². The lowest BCUT2D eigenvalue weighted by molar-refractivity contribution is -0.140. The number of carboxylic acid groups (broad SMARTS) is 1. The number of nitrogens with one attached hydrogen (secondary N) is 1. The number of hydrogen-bond acceptors (Lipinski definition) is 6. The lowest BCUT2D eigenvalue weighted by Crippen LogP contribution is -2.43. The molecule has 2 atom stereocenters. The van der Waals surface area contributed by atoms with Gasteiger partial charge in [-0.3, -0.25) is 14.7 Å². The van der Waals surface area contributed by atoms with Crippen LogP contribution in [0.4, 0.5) is 10.5 Å². The Morgan fingerprint density at radius 3 is 2.52 bits per heavy atom. The number of carbonyl (C=O) groups is 2. The van der Waals surface area contributed by atoms with Gasteiger partial charge in [-0.1, -0.05) is 6.07 Å². The summed E-state index contributed by atoms with van der Waals surface area (Å²) >= 11 is 0. The first-order chi connectivity index (χ1) is 9.61. The summed E-state index contributed by atoms with van der Waals surface area (Å²) in [6.07, 6.45) is -2.10. The van der Waals surface area contributed by atoms with Gasteiger partial charge in [0.15, 0.2) is 0 Å². The van der Waals surface area contributed by atoms with Gasteiger partial charge in [-0.15, -0.1) is 0 Å². The molecule has 0 heterocycles. The summed E-state index contributed by atoms with van der Waals surface area (Å²) in [6.45, 7) is 1.30. The molecule has 0 spiro atoms. The van der Waals surface area contributed by atoms with E-state index in [0.29, 0.717) is 0 Å². The van der Waals surface area contributed by atoms with Crippen LogP contribution >= 0.6 is 0 Å². The maximum atomic E-state index is 11.5. The average Bonchev–Trinajstić information content (AvgIpc) is 2.36. The number of hydrogen-bond donors (Lipinski definition) is 4. The zero-order valence-electron chi connectivity index (χ0n) is 10.9. The van der Waals surface area contributed by atoms with Crippen molar-refractivity contribution in [2.75, 3.05) is 5.32 Å². The fourth-order valence-corrected chi connectivity index (χ4v) is 1.85. The standard InChI is InChI=1S/C11H14N2O7S/c1-6(9(12)10(14)15)20-11(16)13-7-3-2-4-8(5-7)21(17,18)19/h2-6,9H,12H2,1H3,(H,13,16)(H,14,15)(H,17,18,19)/t6-,9+/m0/s1. The molecule has 21 heavy (non-hydrogen) atoms. The number of amides is 1. The molecular weight excluding hydrogens is 304 g/mol. The van der Waals surface area contributed by atoms with Gasteiger partial charge in [0.1, 0.15) is 12.1 Å². The van der Waals surface area contributed by atoms with E-state index < -0.39 is 39.2 Å². The Morgan fingerprint density at radius 2 is 2.00 bits per heavy atom. The highest BCUT2D eigenvalue weighted by Crippen LogP contribution is 2.15. The highest BCUT2D eigenvalue weighted by Gasteiger charge is 2.23. The van der Waals surface area contributed by atoms with Crippen molar-refractivity contribution >= 4 is 27.9 Å². The first kappa shape index (κ1) is 16.9. The average molecular weight is 318 g/mol. The summed E-state index contributed by atoms with van der Waals surface area (Å²) in [6, 6.07) is 3.41. The van der Waals surface area contributed by atoms with E-state index in [1.54, 1.807) is 0 Å². The van der Waals surface area contributed by atoms with E-state index in [1.165, 1.54) is 19.1 Å². The Kier molecular flexibility index (Phi) is 5.24. The molecule has 0 aliphatic heterocycles. The molecule has 0 bridgehead atoms. The minimum Gasteiger partial charge on any atom is -0.480 e. The maximum absolute atomic E-state index is 11.5. The number of rotatable bonds is 5. The zero-order valence-corrected chi connectivity index (χ0v) is 11.7. The Labute approximate surface area is 120 Å². The number of carbonyl (C=O) groups excluding carboxylic acids is 1. The van der Waals surface area contributed by atoms with Gasteiger partial charge in [0.25, 0.3) is 10.1 Å². The lowest BCUT2D eigenvalue weighted by atomic mass is 10.2. The van der Waals surface area contributed by atoms with Crippen LogP contribution in [0.5, 0.6) is 0 Å². The van der Waals surface area contributed by atoms with Crippen molar-refractivity contribution in [2.24, 2.45) is 5.73 Å². The molecule has 1 amide bonds. The maximum Gasteiger partial charge on any atom is 0.411 e. The molecule has 1 aromatic rings. The molecule has 0 radical (unpaired) electrons. The second-order valence-corrected chi connectivity index (χ2v) is 5.52. The topological polar surface area (TPSA) is 156 Å². The number of ether oxygens (including phenoxy) is 1. The quantitative estimate of drug-likeness (QED) is 0.564. The van der Waals surface area contributed by atoms with Crippen LogP contribution in [0.3, 0.4) is 0 Å². The zero-order chi connectivity index (χ0) is 16.2. The Morgan fingerprint density at radius 1 is 1.38 bits per heavy atom. The van der Waals surface area contributed by atoms with Crippen LogP contribution in [-0.2, 0) is 19.6 Å². The number of carboxylic acids is 1. The van der Waals surface area contributed by atoms with E-state index in [9.17, 15) is 18.0 Å². The first-order valence-corrected chi connectivity index (χ1v) is 7.09. The summed E-state index contributed by atoms with van der Waals surface area (Å²) in [4.78, 5) is 21.7. The summed E-state index contributed by atoms with van der Waals surface area (Å²) < 4.78 is 35.5. The van der Waals surface area contributed by atoms with Gasteiger partial charge in [0, 0.05) is 5.69 Å².